The van der Waals surface area contributed by atoms with Crippen molar-refractivity contribution in [3.63, 3.8) is 0 Å². The molecule has 4 aromatic rings. The lowest BCUT2D eigenvalue weighted by Gasteiger charge is -2.23. The Labute approximate surface area is 191 Å². The van der Waals surface area contributed by atoms with Crippen LogP contribution in [0.1, 0.15) is 21.7 Å². The number of hydrogen-bond donors (Lipinski definition) is 1. The average Bonchev–Trinajstić information content (AvgIpc) is 2.86. The van der Waals surface area contributed by atoms with Gasteiger partial charge in [-0.3, -0.25) is 9.59 Å². The van der Waals surface area contributed by atoms with Crippen molar-refractivity contribution in [3.05, 3.63) is 100 Å². The lowest BCUT2D eigenvalue weighted by Crippen LogP contribution is -2.34. The second-order valence-corrected chi connectivity index (χ2v) is 7.58. The number of hydrogen-bond acceptors (Lipinski definition) is 5. The summed E-state index contributed by atoms with van der Waals surface area (Å²) in [6, 6.07) is 21.9. The Kier molecular flexibility index (Phi) is 6.69. The van der Waals surface area contributed by atoms with Crippen LogP contribution in [0.5, 0.6) is 11.5 Å². The van der Waals surface area contributed by atoms with E-state index in [-0.39, 0.29) is 18.0 Å². The first-order valence-corrected chi connectivity index (χ1v) is 10.6. The molecule has 0 spiro atoms. The first-order chi connectivity index (χ1) is 16.1. The van der Waals surface area contributed by atoms with Gasteiger partial charge in [-0.2, -0.15) is 0 Å². The molecule has 0 aliphatic rings. The number of nitrogens with zero attached hydrogens (tertiary/aromatic N) is 2. The largest absolute Gasteiger partial charge is 0.497 e. The summed E-state index contributed by atoms with van der Waals surface area (Å²) in [5.74, 6) is 1.75. The third kappa shape index (κ3) is 5.20. The monoisotopic (exact) mass is 443 g/mol. The molecule has 168 valence electrons. The van der Waals surface area contributed by atoms with E-state index in [1.165, 1.54) is 0 Å². The molecule has 4 rings (SSSR count). The SMILES string of the molecule is COc1ccc(CCN(Cc2nc3ccccc3c(=O)[nH]2)C(=O)c2ccc(OC)cc2)cc1. The summed E-state index contributed by atoms with van der Waals surface area (Å²) in [7, 11) is 3.21. The van der Waals surface area contributed by atoms with Gasteiger partial charge in [0.05, 0.1) is 31.7 Å². The van der Waals surface area contributed by atoms with Gasteiger partial charge in [0.1, 0.15) is 17.3 Å². The van der Waals surface area contributed by atoms with Gasteiger partial charge in [0.25, 0.3) is 11.5 Å². The molecule has 0 unspecified atom stereocenters. The minimum absolute atomic E-state index is 0.151. The number of amides is 1. The predicted octanol–water partition coefficient (Wildman–Crippen LogP) is 3.83. The normalized spacial score (nSPS) is 10.7. The first kappa shape index (κ1) is 22.1. The van der Waals surface area contributed by atoms with E-state index in [1.54, 1.807) is 61.6 Å². The van der Waals surface area contributed by atoms with Crippen LogP contribution in [0.15, 0.2) is 77.6 Å². The summed E-state index contributed by atoms with van der Waals surface area (Å²) in [6.07, 6.45) is 0.643. The third-order valence-electron chi connectivity index (χ3n) is 5.46. The van der Waals surface area contributed by atoms with Crippen LogP contribution in [0.25, 0.3) is 10.9 Å². The van der Waals surface area contributed by atoms with Gasteiger partial charge in [0.2, 0.25) is 0 Å². The van der Waals surface area contributed by atoms with E-state index >= 15 is 0 Å². The van der Waals surface area contributed by atoms with Gasteiger partial charge in [-0.1, -0.05) is 24.3 Å². The van der Waals surface area contributed by atoms with Crippen LogP contribution in [-0.4, -0.2) is 41.5 Å². The molecule has 0 bridgehead atoms. The predicted molar refractivity (Wildman–Crippen MR) is 127 cm³/mol. The minimum Gasteiger partial charge on any atom is -0.497 e. The average molecular weight is 444 g/mol. The van der Waals surface area contributed by atoms with Gasteiger partial charge in [0.15, 0.2) is 0 Å². The van der Waals surface area contributed by atoms with Crippen molar-refractivity contribution >= 4 is 16.8 Å². The number of ether oxygens (including phenoxy) is 2. The number of benzene rings is 3. The summed E-state index contributed by atoms with van der Waals surface area (Å²) >= 11 is 0. The van der Waals surface area contributed by atoms with Crippen molar-refractivity contribution in [3.8, 4) is 11.5 Å². The maximum atomic E-state index is 13.4. The van der Waals surface area contributed by atoms with Crippen molar-refractivity contribution < 1.29 is 14.3 Å². The van der Waals surface area contributed by atoms with Gasteiger partial charge in [-0.15, -0.1) is 0 Å². The number of aromatic nitrogens is 2. The Morgan fingerprint density at radius 1 is 0.909 bits per heavy atom. The van der Waals surface area contributed by atoms with E-state index in [2.05, 4.69) is 9.97 Å². The van der Waals surface area contributed by atoms with Gasteiger partial charge in [-0.05, 0) is 60.5 Å². The molecule has 0 saturated carbocycles. The number of carbonyl (C=O) groups is 1. The molecule has 7 heteroatoms. The quantitative estimate of drug-likeness (QED) is 0.448. The number of para-hydroxylation sites is 1. The van der Waals surface area contributed by atoms with Gasteiger partial charge < -0.3 is 19.4 Å². The molecule has 1 aromatic heterocycles. The Morgan fingerprint density at radius 2 is 1.55 bits per heavy atom. The summed E-state index contributed by atoms with van der Waals surface area (Å²) in [6.45, 7) is 0.634. The van der Waals surface area contributed by atoms with Crippen LogP contribution in [0.4, 0.5) is 0 Å². The second-order valence-electron chi connectivity index (χ2n) is 7.58. The summed E-state index contributed by atoms with van der Waals surface area (Å²) < 4.78 is 10.4. The fourth-order valence-electron chi connectivity index (χ4n) is 3.62. The molecule has 1 heterocycles. The number of carbonyl (C=O) groups excluding carboxylic acids is 1. The van der Waals surface area contributed by atoms with Crippen LogP contribution in [0.3, 0.4) is 0 Å². The Bertz CT molecular complexity index is 1300. The third-order valence-corrected chi connectivity index (χ3v) is 5.46. The molecule has 7 nitrogen and oxygen atoms in total. The number of methoxy groups -OCH3 is 2. The second kappa shape index (κ2) is 9.99. The molecule has 0 saturated heterocycles. The summed E-state index contributed by atoms with van der Waals surface area (Å²) in [5.41, 5.74) is 1.99. The van der Waals surface area contributed by atoms with Crippen molar-refractivity contribution in [1.82, 2.24) is 14.9 Å². The molecule has 0 fully saturated rings. The van der Waals surface area contributed by atoms with Crippen molar-refractivity contribution in [2.24, 2.45) is 0 Å². The van der Waals surface area contributed by atoms with Crippen LogP contribution in [-0.2, 0) is 13.0 Å². The van der Waals surface area contributed by atoms with Crippen LogP contribution in [0, 0.1) is 0 Å². The van der Waals surface area contributed by atoms with E-state index in [9.17, 15) is 9.59 Å². The number of nitrogens with one attached hydrogen (secondary N) is 1. The van der Waals surface area contributed by atoms with Crippen LogP contribution >= 0.6 is 0 Å². The molecule has 33 heavy (non-hydrogen) atoms. The Morgan fingerprint density at radius 3 is 2.21 bits per heavy atom. The molecular formula is C26H25N3O4. The highest BCUT2D eigenvalue weighted by Gasteiger charge is 2.18. The van der Waals surface area contributed by atoms with E-state index < -0.39 is 0 Å². The van der Waals surface area contributed by atoms with E-state index in [0.717, 1.165) is 11.3 Å². The van der Waals surface area contributed by atoms with E-state index in [4.69, 9.17) is 9.47 Å². The zero-order valence-electron chi connectivity index (χ0n) is 18.6. The van der Waals surface area contributed by atoms with Gasteiger partial charge in [-0.25, -0.2) is 4.98 Å². The standard InChI is InChI=1S/C26H25N3O4/c1-32-20-11-7-18(8-12-20)15-16-29(26(31)19-9-13-21(33-2)14-10-19)17-24-27-23-6-4-3-5-22(23)25(30)28-24/h3-14H,15-17H2,1-2H3,(H,27,28,30). The molecule has 0 aliphatic carbocycles. The number of aromatic amines is 1. The van der Waals surface area contributed by atoms with Crippen LogP contribution in [0.2, 0.25) is 0 Å². The highest BCUT2D eigenvalue weighted by Crippen LogP contribution is 2.17. The topological polar surface area (TPSA) is 84.5 Å². The highest BCUT2D eigenvalue weighted by atomic mass is 16.5. The van der Waals surface area contributed by atoms with E-state index in [0.29, 0.717) is 41.0 Å². The van der Waals surface area contributed by atoms with E-state index in [1.807, 2.05) is 30.3 Å². The maximum Gasteiger partial charge on any atom is 0.258 e. The van der Waals surface area contributed by atoms with Crippen molar-refractivity contribution in [2.75, 3.05) is 20.8 Å². The smallest absolute Gasteiger partial charge is 0.258 e. The first-order valence-electron chi connectivity index (χ1n) is 10.6. The number of rotatable bonds is 8. The molecule has 0 atom stereocenters. The molecular weight excluding hydrogens is 418 g/mol. The Balaban J connectivity index is 1.60. The summed E-state index contributed by atoms with van der Waals surface area (Å²) in [5, 5.41) is 0.521. The van der Waals surface area contributed by atoms with Crippen LogP contribution < -0.4 is 15.0 Å². The minimum atomic E-state index is -0.220. The molecule has 0 aliphatic heterocycles. The maximum absolute atomic E-state index is 13.4. The zero-order valence-corrected chi connectivity index (χ0v) is 18.6. The van der Waals surface area contributed by atoms with Gasteiger partial charge in [0, 0.05) is 12.1 Å². The lowest BCUT2D eigenvalue weighted by molar-refractivity contribution is 0.0740. The molecule has 1 amide bonds. The highest BCUT2D eigenvalue weighted by molar-refractivity contribution is 5.94. The molecule has 1 N–H and O–H groups in total. The number of fused-ring (bicyclic) bond motifs is 1. The lowest BCUT2D eigenvalue weighted by atomic mass is 10.1. The fourth-order valence-corrected chi connectivity index (χ4v) is 3.62. The summed E-state index contributed by atoms with van der Waals surface area (Å²) in [4.78, 5) is 35.0. The molecule has 0 radical (unpaired) electrons. The zero-order chi connectivity index (χ0) is 23.2. The van der Waals surface area contributed by atoms with Crippen molar-refractivity contribution in [1.29, 1.82) is 0 Å². The van der Waals surface area contributed by atoms with Crippen molar-refractivity contribution in [2.45, 2.75) is 13.0 Å². The number of H-pyrrole nitrogens is 1. The molecule has 3 aromatic carbocycles. The Hall–Kier alpha value is -4.13. The van der Waals surface area contributed by atoms with Gasteiger partial charge >= 0.3 is 0 Å². The fraction of sp³-hybridized carbons (Fsp3) is 0.192.